The summed E-state index contributed by atoms with van der Waals surface area (Å²) in [5.41, 5.74) is 0. The molecule has 1 aliphatic heterocycles. The van der Waals surface area contributed by atoms with E-state index in [1.807, 2.05) is 25.6 Å². The lowest BCUT2D eigenvalue weighted by molar-refractivity contribution is -0.121. The molecule has 0 bridgehead atoms. The summed E-state index contributed by atoms with van der Waals surface area (Å²) in [7, 11) is 0. The number of nitrogens with one attached hydrogen (secondary N) is 2. The molecule has 76 valence electrons. The van der Waals surface area contributed by atoms with Gasteiger partial charge in [0.15, 0.2) is 0 Å². The third-order valence-corrected chi connectivity index (χ3v) is 3.14. The molecule has 1 heterocycles. The smallest absolute Gasteiger partial charge is 0.222 e. The predicted molar refractivity (Wildman–Crippen MR) is 56.7 cm³/mol. The number of carbonyl (C=O) groups is 1. The van der Waals surface area contributed by atoms with E-state index in [1.54, 1.807) is 0 Å². The molecule has 0 spiro atoms. The molecule has 0 aromatic rings. The van der Waals surface area contributed by atoms with Gasteiger partial charge in [-0.3, -0.25) is 4.79 Å². The Hall–Kier alpha value is -0.220. The van der Waals surface area contributed by atoms with E-state index in [-0.39, 0.29) is 11.9 Å². The highest BCUT2D eigenvalue weighted by atomic mass is 32.2. The fourth-order valence-electron chi connectivity index (χ4n) is 1.34. The Balaban J connectivity index is 2.21. The second kappa shape index (κ2) is 4.86. The molecule has 4 heteroatoms. The maximum atomic E-state index is 11.4. The topological polar surface area (TPSA) is 41.1 Å². The Morgan fingerprint density at radius 1 is 1.69 bits per heavy atom. The van der Waals surface area contributed by atoms with E-state index < -0.39 is 0 Å². The molecule has 2 N–H and O–H groups in total. The Labute approximate surface area is 84.0 Å². The minimum atomic E-state index is 0.147. The molecule has 13 heavy (non-hydrogen) atoms. The van der Waals surface area contributed by atoms with Crippen molar-refractivity contribution < 1.29 is 4.79 Å². The van der Waals surface area contributed by atoms with E-state index in [0.29, 0.717) is 17.0 Å². The SMILES string of the molecule is CC(C)NC(=O)CC1NCC(C)S1. The molecule has 0 saturated carbocycles. The minimum Gasteiger partial charge on any atom is -0.354 e. The molecule has 1 amide bonds. The van der Waals surface area contributed by atoms with Crippen LogP contribution in [-0.2, 0) is 4.79 Å². The average Bonchev–Trinajstić information content (AvgIpc) is 2.33. The highest BCUT2D eigenvalue weighted by Gasteiger charge is 2.23. The van der Waals surface area contributed by atoms with Gasteiger partial charge in [0.25, 0.3) is 0 Å². The van der Waals surface area contributed by atoms with Crippen LogP contribution in [0, 0.1) is 0 Å². The monoisotopic (exact) mass is 202 g/mol. The molecule has 0 aliphatic carbocycles. The molecule has 2 unspecified atom stereocenters. The highest BCUT2D eigenvalue weighted by molar-refractivity contribution is 8.00. The summed E-state index contributed by atoms with van der Waals surface area (Å²) in [6.07, 6.45) is 0.590. The van der Waals surface area contributed by atoms with Crippen LogP contribution in [0.2, 0.25) is 0 Å². The maximum Gasteiger partial charge on any atom is 0.222 e. The number of carbonyl (C=O) groups excluding carboxylic acids is 1. The lowest BCUT2D eigenvalue weighted by Crippen LogP contribution is -2.34. The van der Waals surface area contributed by atoms with Crippen LogP contribution in [0.3, 0.4) is 0 Å². The summed E-state index contributed by atoms with van der Waals surface area (Å²) >= 11 is 1.85. The van der Waals surface area contributed by atoms with Crippen molar-refractivity contribution in [1.82, 2.24) is 10.6 Å². The van der Waals surface area contributed by atoms with Crippen molar-refractivity contribution in [2.45, 2.75) is 43.9 Å². The van der Waals surface area contributed by atoms with E-state index in [4.69, 9.17) is 0 Å². The molecule has 0 aromatic carbocycles. The van der Waals surface area contributed by atoms with Crippen LogP contribution < -0.4 is 10.6 Å². The summed E-state index contributed by atoms with van der Waals surface area (Å²) in [4.78, 5) is 11.4. The Morgan fingerprint density at radius 2 is 2.38 bits per heavy atom. The van der Waals surface area contributed by atoms with Crippen molar-refractivity contribution in [3.05, 3.63) is 0 Å². The van der Waals surface area contributed by atoms with Gasteiger partial charge in [-0.1, -0.05) is 6.92 Å². The Morgan fingerprint density at radius 3 is 2.85 bits per heavy atom. The van der Waals surface area contributed by atoms with Gasteiger partial charge in [-0.15, -0.1) is 11.8 Å². The minimum absolute atomic E-state index is 0.147. The van der Waals surface area contributed by atoms with Crippen molar-refractivity contribution in [2.75, 3.05) is 6.54 Å². The molecule has 0 aromatic heterocycles. The first-order chi connectivity index (χ1) is 6.08. The first-order valence-electron chi connectivity index (χ1n) is 4.76. The lowest BCUT2D eigenvalue weighted by Gasteiger charge is -2.11. The summed E-state index contributed by atoms with van der Waals surface area (Å²) in [6, 6.07) is 0.247. The number of hydrogen-bond donors (Lipinski definition) is 2. The van der Waals surface area contributed by atoms with Gasteiger partial charge in [-0.05, 0) is 13.8 Å². The van der Waals surface area contributed by atoms with E-state index in [2.05, 4.69) is 17.6 Å². The first kappa shape index (κ1) is 10.9. The molecule has 1 rings (SSSR count). The molecule has 3 nitrogen and oxygen atoms in total. The van der Waals surface area contributed by atoms with Crippen LogP contribution >= 0.6 is 11.8 Å². The van der Waals surface area contributed by atoms with Crippen LogP contribution in [-0.4, -0.2) is 29.1 Å². The molecule has 0 radical (unpaired) electrons. The van der Waals surface area contributed by atoms with Gasteiger partial charge in [-0.2, -0.15) is 0 Å². The quantitative estimate of drug-likeness (QED) is 0.716. The largest absolute Gasteiger partial charge is 0.354 e. The van der Waals surface area contributed by atoms with E-state index in [0.717, 1.165) is 6.54 Å². The van der Waals surface area contributed by atoms with Crippen molar-refractivity contribution >= 4 is 17.7 Å². The lowest BCUT2D eigenvalue weighted by atomic mass is 10.3. The van der Waals surface area contributed by atoms with Crippen molar-refractivity contribution in [1.29, 1.82) is 0 Å². The second-order valence-electron chi connectivity index (χ2n) is 3.77. The van der Waals surface area contributed by atoms with E-state index >= 15 is 0 Å². The second-order valence-corrected chi connectivity index (χ2v) is 5.42. The van der Waals surface area contributed by atoms with E-state index in [9.17, 15) is 4.79 Å². The fourth-order valence-corrected chi connectivity index (χ4v) is 2.54. The normalized spacial score (nSPS) is 28.0. The van der Waals surface area contributed by atoms with Gasteiger partial charge in [0.2, 0.25) is 5.91 Å². The van der Waals surface area contributed by atoms with Crippen molar-refractivity contribution in [3.8, 4) is 0 Å². The number of hydrogen-bond acceptors (Lipinski definition) is 3. The average molecular weight is 202 g/mol. The van der Waals surface area contributed by atoms with Crippen molar-refractivity contribution in [2.24, 2.45) is 0 Å². The summed E-state index contributed by atoms with van der Waals surface area (Å²) in [6.45, 7) is 7.16. The summed E-state index contributed by atoms with van der Waals surface area (Å²) in [5.74, 6) is 0.147. The molecular weight excluding hydrogens is 184 g/mol. The number of rotatable bonds is 3. The highest BCUT2D eigenvalue weighted by Crippen LogP contribution is 2.23. The number of amides is 1. The summed E-state index contributed by atoms with van der Waals surface area (Å²) in [5, 5.41) is 7.15. The Bertz CT molecular complexity index is 184. The van der Waals surface area contributed by atoms with Crippen LogP contribution in [0.4, 0.5) is 0 Å². The first-order valence-corrected chi connectivity index (χ1v) is 5.70. The zero-order chi connectivity index (χ0) is 9.84. The van der Waals surface area contributed by atoms with Gasteiger partial charge in [0.05, 0.1) is 11.8 Å². The maximum absolute atomic E-state index is 11.4. The van der Waals surface area contributed by atoms with Gasteiger partial charge in [0, 0.05) is 17.8 Å². The molecule has 2 atom stereocenters. The van der Waals surface area contributed by atoms with Crippen molar-refractivity contribution in [3.63, 3.8) is 0 Å². The number of thioether (sulfide) groups is 1. The predicted octanol–water partition coefficient (Wildman–Crippen LogP) is 0.952. The van der Waals surface area contributed by atoms with E-state index in [1.165, 1.54) is 0 Å². The van der Waals surface area contributed by atoms with Crippen LogP contribution in [0.1, 0.15) is 27.2 Å². The van der Waals surface area contributed by atoms with Gasteiger partial charge >= 0.3 is 0 Å². The molecular formula is C9H18N2OS. The summed E-state index contributed by atoms with van der Waals surface area (Å²) < 4.78 is 0. The molecule has 1 fully saturated rings. The fraction of sp³-hybridized carbons (Fsp3) is 0.889. The molecule has 1 saturated heterocycles. The standard InChI is InChI=1S/C9H18N2OS/c1-6(2)11-8(12)4-9-10-5-7(3)13-9/h6-7,9-10H,4-5H2,1-3H3,(H,11,12). The third-order valence-electron chi connectivity index (χ3n) is 1.85. The molecule has 1 aliphatic rings. The third kappa shape index (κ3) is 4.00. The van der Waals surface area contributed by atoms with Gasteiger partial charge in [-0.25, -0.2) is 0 Å². The zero-order valence-corrected chi connectivity index (χ0v) is 9.28. The van der Waals surface area contributed by atoms with Crippen LogP contribution in [0.25, 0.3) is 0 Å². The van der Waals surface area contributed by atoms with Gasteiger partial charge in [0.1, 0.15) is 0 Å². The van der Waals surface area contributed by atoms with Crippen LogP contribution in [0.5, 0.6) is 0 Å². The van der Waals surface area contributed by atoms with Gasteiger partial charge < -0.3 is 10.6 Å². The zero-order valence-electron chi connectivity index (χ0n) is 8.46. The van der Waals surface area contributed by atoms with Crippen LogP contribution in [0.15, 0.2) is 0 Å². The Kier molecular flexibility index (Phi) is 4.06.